The fourth-order valence-corrected chi connectivity index (χ4v) is 3.28. The van der Waals surface area contributed by atoms with Gasteiger partial charge < -0.3 is 9.88 Å². The van der Waals surface area contributed by atoms with E-state index in [-0.39, 0.29) is 33.8 Å². The van der Waals surface area contributed by atoms with Crippen LogP contribution in [0.2, 0.25) is 0 Å². The number of rotatable bonds is 7. The smallest absolute Gasteiger partial charge is 0.343 e. The molecule has 2 rings (SSSR count). The first-order valence-corrected chi connectivity index (χ1v) is 9.27. The van der Waals surface area contributed by atoms with Crippen molar-refractivity contribution in [3.8, 4) is 6.07 Å². The number of ketones is 2. The lowest BCUT2D eigenvalue weighted by Crippen LogP contribution is -2.27. The van der Waals surface area contributed by atoms with E-state index in [0.717, 1.165) is 12.1 Å². The first-order chi connectivity index (χ1) is 14.8. The minimum Gasteiger partial charge on any atom is -0.343 e. The van der Waals surface area contributed by atoms with E-state index in [1.165, 1.54) is 31.5 Å². The van der Waals surface area contributed by atoms with Crippen LogP contribution in [-0.4, -0.2) is 28.2 Å². The Labute approximate surface area is 181 Å². The molecule has 32 heavy (non-hydrogen) atoms. The summed E-state index contributed by atoms with van der Waals surface area (Å²) in [4.78, 5) is 37.7. The zero-order valence-electron chi connectivity index (χ0n) is 17.4. The molecule has 6 nitrogen and oxygen atoms in total. The molecule has 0 fully saturated rings. The number of alkyl halides is 3. The molecule has 0 radical (unpaired) electrons. The number of amides is 1. The van der Waals surface area contributed by atoms with Gasteiger partial charge in [0.15, 0.2) is 0 Å². The van der Waals surface area contributed by atoms with Crippen LogP contribution in [0, 0.1) is 36.9 Å². The van der Waals surface area contributed by atoms with Crippen LogP contribution in [0.5, 0.6) is 0 Å². The molecule has 2 aromatic rings. The molecule has 1 atom stereocenters. The van der Waals surface area contributed by atoms with E-state index >= 15 is 0 Å². The minimum atomic E-state index is -4.72. The predicted molar refractivity (Wildman–Crippen MR) is 108 cm³/mol. The molecule has 1 heterocycles. The second kappa shape index (κ2) is 9.18. The Balaban J connectivity index is 2.37. The lowest BCUT2D eigenvalue weighted by molar-refractivity contribution is -0.164. The van der Waals surface area contributed by atoms with Gasteiger partial charge in [-0.3, -0.25) is 14.4 Å². The lowest BCUT2D eigenvalue weighted by Gasteiger charge is -2.15. The molecular formula is C22H19F4N3O3. The highest BCUT2D eigenvalue weighted by Gasteiger charge is 2.40. The quantitative estimate of drug-likeness (QED) is 0.293. The zero-order chi connectivity index (χ0) is 24.4. The number of hydrogen-bond acceptors (Lipinski definition) is 4. The first kappa shape index (κ1) is 24.5. The summed E-state index contributed by atoms with van der Waals surface area (Å²) in [5, 5.41) is 11.4. The molecule has 1 aromatic heterocycles. The standard InChI is InChI=1S/C22H19F4N3O3/c1-5-14(22(24,25)26)9-17(30)20(31)18-11(2)19(29(4)12(18)3)21(32)28-15-6-7-16(23)13(8-15)10-27/h5-8,14H,1,9H2,2-4H3,(H,28,32). The monoisotopic (exact) mass is 449 g/mol. The maximum Gasteiger partial charge on any atom is 0.395 e. The van der Waals surface area contributed by atoms with Crippen molar-refractivity contribution in [1.82, 2.24) is 4.57 Å². The molecule has 0 saturated heterocycles. The average molecular weight is 449 g/mol. The number of nitrogens with zero attached hydrogens (tertiary/aromatic N) is 2. The van der Waals surface area contributed by atoms with E-state index in [0.29, 0.717) is 6.08 Å². The Bertz CT molecular complexity index is 1160. The zero-order valence-corrected chi connectivity index (χ0v) is 17.4. The molecule has 1 N–H and O–H groups in total. The summed E-state index contributed by atoms with van der Waals surface area (Å²) in [6.07, 6.45) is -5.25. The van der Waals surface area contributed by atoms with Crippen LogP contribution in [0.25, 0.3) is 0 Å². The molecule has 10 heteroatoms. The van der Waals surface area contributed by atoms with Gasteiger partial charge in [-0.25, -0.2) is 4.39 Å². The Morgan fingerprint density at radius 1 is 1.28 bits per heavy atom. The molecule has 0 spiro atoms. The molecule has 0 aliphatic carbocycles. The van der Waals surface area contributed by atoms with Crippen molar-refractivity contribution in [3.63, 3.8) is 0 Å². The van der Waals surface area contributed by atoms with Gasteiger partial charge in [0.25, 0.3) is 5.91 Å². The van der Waals surface area contributed by atoms with Crippen LogP contribution < -0.4 is 5.32 Å². The maximum atomic E-state index is 13.5. The molecule has 0 aliphatic rings. The van der Waals surface area contributed by atoms with Crippen molar-refractivity contribution in [1.29, 1.82) is 5.26 Å². The maximum absolute atomic E-state index is 13.5. The molecule has 0 aliphatic heterocycles. The van der Waals surface area contributed by atoms with Gasteiger partial charge >= 0.3 is 6.18 Å². The number of aromatic nitrogens is 1. The molecule has 0 bridgehead atoms. The number of nitriles is 1. The predicted octanol–water partition coefficient (Wildman–Crippen LogP) is 4.41. The molecule has 168 valence electrons. The van der Waals surface area contributed by atoms with Gasteiger partial charge in [0, 0.05) is 24.8 Å². The number of allylic oxidation sites excluding steroid dienone is 1. The van der Waals surface area contributed by atoms with Gasteiger partial charge in [-0.1, -0.05) is 6.08 Å². The largest absolute Gasteiger partial charge is 0.395 e. The molecule has 1 aromatic carbocycles. The van der Waals surface area contributed by atoms with Crippen molar-refractivity contribution in [2.45, 2.75) is 26.4 Å². The van der Waals surface area contributed by atoms with Crippen LogP contribution in [0.4, 0.5) is 23.2 Å². The van der Waals surface area contributed by atoms with Gasteiger partial charge in [0.2, 0.25) is 11.6 Å². The summed E-state index contributed by atoms with van der Waals surface area (Å²) in [5.41, 5.74) is -0.0303. The number of nitrogens with one attached hydrogen (secondary N) is 1. The Morgan fingerprint density at radius 2 is 1.91 bits per heavy atom. The Morgan fingerprint density at radius 3 is 2.44 bits per heavy atom. The SMILES string of the molecule is C=CC(CC(=O)C(=O)c1c(C)c(C(=O)Nc2ccc(F)c(C#N)c2)n(C)c1C)C(F)(F)F. The van der Waals surface area contributed by atoms with E-state index in [1.807, 2.05) is 0 Å². The third-order valence-corrected chi connectivity index (χ3v) is 5.08. The van der Waals surface area contributed by atoms with Crippen molar-refractivity contribution in [2.24, 2.45) is 13.0 Å². The topological polar surface area (TPSA) is 92.0 Å². The number of carbonyl (C=O) groups is 3. The van der Waals surface area contributed by atoms with E-state index in [2.05, 4.69) is 11.9 Å². The normalized spacial score (nSPS) is 12.1. The van der Waals surface area contributed by atoms with Crippen molar-refractivity contribution in [3.05, 3.63) is 64.7 Å². The van der Waals surface area contributed by atoms with Gasteiger partial charge in [0.1, 0.15) is 17.6 Å². The third kappa shape index (κ3) is 4.77. The Hall–Kier alpha value is -3.74. The van der Waals surface area contributed by atoms with Gasteiger partial charge in [-0.2, -0.15) is 18.4 Å². The van der Waals surface area contributed by atoms with Crippen LogP contribution >= 0.6 is 0 Å². The lowest BCUT2D eigenvalue weighted by atomic mass is 9.95. The summed E-state index contributed by atoms with van der Waals surface area (Å²) < 4.78 is 53.6. The van der Waals surface area contributed by atoms with Crippen molar-refractivity contribution < 1.29 is 31.9 Å². The Kier molecular flexibility index (Phi) is 7.03. The highest BCUT2D eigenvalue weighted by Crippen LogP contribution is 2.31. The average Bonchev–Trinajstić information content (AvgIpc) is 2.94. The molecular weight excluding hydrogens is 430 g/mol. The number of benzene rings is 1. The van der Waals surface area contributed by atoms with Gasteiger partial charge in [0.05, 0.1) is 17.0 Å². The fraction of sp³-hybridized carbons (Fsp3) is 0.273. The van der Waals surface area contributed by atoms with E-state index in [1.54, 1.807) is 6.07 Å². The third-order valence-electron chi connectivity index (χ3n) is 5.08. The van der Waals surface area contributed by atoms with E-state index in [4.69, 9.17) is 5.26 Å². The van der Waals surface area contributed by atoms with Gasteiger partial charge in [-0.15, -0.1) is 6.58 Å². The van der Waals surface area contributed by atoms with Crippen molar-refractivity contribution >= 4 is 23.2 Å². The molecule has 1 unspecified atom stereocenters. The second-order valence-electron chi connectivity index (χ2n) is 7.09. The van der Waals surface area contributed by atoms with E-state index < -0.39 is 41.8 Å². The summed E-state index contributed by atoms with van der Waals surface area (Å²) in [6, 6.07) is 5.01. The summed E-state index contributed by atoms with van der Waals surface area (Å²) in [7, 11) is 1.45. The number of carbonyl (C=O) groups excluding carboxylic acids is 3. The number of anilines is 1. The van der Waals surface area contributed by atoms with Crippen LogP contribution in [0.15, 0.2) is 30.9 Å². The second-order valence-corrected chi connectivity index (χ2v) is 7.09. The summed E-state index contributed by atoms with van der Waals surface area (Å²) >= 11 is 0. The van der Waals surface area contributed by atoms with Crippen LogP contribution in [0.3, 0.4) is 0 Å². The van der Waals surface area contributed by atoms with Crippen LogP contribution in [-0.2, 0) is 11.8 Å². The van der Waals surface area contributed by atoms with Crippen LogP contribution in [0.1, 0.15) is 44.1 Å². The van der Waals surface area contributed by atoms with E-state index in [9.17, 15) is 31.9 Å². The van der Waals surface area contributed by atoms with Crippen molar-refractivity contribution in [2.75, 3.05) is 5.32 Å². The summed E-state index contributed by atoms with van der Waals surface area (Å²) in [5.74, 6) is -6.04. The fourth-order valence-electron chi connectivity index (χ4n) is 3.28. The number of Topliss-reactive ketones (excluding diaryl/α,β-unsaturated/α-hetero) is 2. The number of hydrogen-bond donors (Lipinski definition) is 1. The highest BCUT2D eigenvalue weighted by molar-refractivity contribution is 6.44. The first-order valence-electron chi connectivity index (χ1n) is 9.27. The minimum absolute atomic E-state index is 0.0161. The number of halogens is 4. The molecule has 1 amide bonds. The van der Waals surface area contributed by atoms with Gasteiger partial charge in [-0.05, 0) is 37.6 Å². The highest BCUT2D eigenvalue weighted by atomic mass is 19.4. The summed E-state index contributed by atoms with van der Waals surface area (Å²) in [6.45, 7) is 5.90. The molecule has 0 saturated carbocycles.